The predicted molar refractivity (Wildman–Crippen MR) is 286 cm³/mol. The number of fused-ring (bicyclic) bond motifs is 6. The average Bonchev–Trinajstić information content (AvgIpc) is 2.22. The van der Waals surface area contributed by atoms with Crippen LogP contribution in [0.5, 0.6) is 11.5 Å². The Morgan fingerprint density at radius 2 is 1.22 bits per heavy atom. The minimum Gasteiger partial charge on any atom is -0.510 e. The van der Waals surface area contributed by atoms with Gasteiger partial charge in [-0.05, 0) is 125 Å². The molecule has 1 heterocycles. The number of ether oxygens (including phenoxy) is 1. The number of Topliss-reactive ketones (excluding diaryl/α,β-unsaturated/α-hetero) is 4. The zero-order valence-corrected chi connectivity index (χ0v) is 44.9. The Bertz CT molecular complexity index is 3280. The van der Waals surface area contributed by atoms with Crippen molar-refractivity contribution in [1.29, 1.82) is 0 Å². The molecule has 9 atom stereocenters. The molecule has 79 heavy (non-hydrogen) atoms. The van der Waals surface area contributed by atoms with Crippen molar-refractivity contribution in [2.45, 2.75) is 75.1 Å². The summed E-state index contributed by atoms with van der Waals surface area (Å²) >= 11 is 0. The molecule has 1 saturated heterocycles. The zero-order valence-electron chi connectivity index (χ0n) is 44.9. The Kier molecular flexibility index (Phi) is 14.0. The first-order valence-electron chi connectivity index (χ1n) is 26.5. The molecule has 10 rings (SSSR count). The van der Waals surface area contributed by atoms with Crippen LogP contribution in [0.3, 0.4) is 0 Å². The van der Waals surface area contributed by atoms with Crippen molar-refractivity contribution >= 4 is 34.9 Å². The van der Waals surface area contributed by atoms with E-state index < -0.39 is 128 Å². The molecule has 0 aromatic heterocycles. The summed E-state index contributed by atoms with van der Waals surface area (Å²) in [5.41, 5.74) is 7.52. The van der Waals surface area contributed by atoms with Crippen LogP contribution >= 0.6 is 0 Å². The van der Waals surface area contributed by atoms with E-state index in [4.69, 9.17) is 16.2 Å². The van der Waals surface area contributed by atoms with Gasteiger partial charge in [0.25, 0.3) is 11.8 Å². The highest BCUT2D eigenvalue weighted by Crippen LogP contribution is 2.55. The number of nitrogens with one attached hydrogen (secondary N) is 1. The Hall–Kier alpha value is -7.24. The number of amides is 2. The summed E-state index contributed by atoms with van der Waals surface area (Å²) in [6.45, 7) is 6.63. The maximum Gasteiger partial charge on any atom is 0.255 e. The van der Waals surface area contributed by atoms with Crippen molar-refractivity contribution in [2.75, 3.05) is 68.0 Å². The van der Waals surface area contributed by atoms with E-state index in [2.05, 4.69) is 34.3 Å². The number of primary amides is 2. The van der Waals surface area contributed by atoms with Crippen molar-refractivity contribution < 1.29 is 69.2 Å². The molecule has 0 bridgehead atoms. The van der Waals surface area contributed by atoms with E-state index in [1.807, 2.05) is 18.2 Å². The van der Waals surface area contributed by atoms with E-state index in [0.717, 1.165) is 49.4 Å². The molecule has 1 aliphatic heterocycles. The maximum absolute atomic E-state index is 15.3. The fraction of sp³-hybridized carbons (Fsp3) is 0.448. The molecule has 6 aliphatic carbocycles. The fourth-order valence-electron chi connectivity index (χ4n) is 13.8. The number of ketones is 4. The first-order chi connectivity index (χ1) is 37.3. The number of piperazine rings is 1. The highest BCUT2D eigenvalue weighted by Gasteiger charge is 2.65. The molecule has 1 fully saturated rings. The van der Waals surface area contributed by atoms with Crippen molar-refractivity contribution in [2.24, 2.45) is 35.1 Å². The lowest BCUT2D eigenvalue weighted by Crippen LogP contribution is -2.63. The van der Waals surface area contributed by atoms with Gasteiger partial charge in [-0.3, -0.25) is 43.5 Å². The molecule has 2 unspecified atom stereocenters. The first-order valence-corrected chi connectivity index (χ1v) is 26.5. The third-order valence-corrected chi connectivity index (χ3v) is 17.6. The Labute approximate surface area is 455 Å². The van der Waals surface area contributed by atoms with Gasteiger partial charge in [0.15, 0.2) is 22.8 Å². The van der Waals surface area contributed by atoms with Crippen LogP contribution in [0.4, 0.5) is 0 Å². The van der Waals surface area contributed by atoms with Gasteiger partial charge >= 0.3 is 0 Å². The van der Waals surface area contributed by atoms with Crippen molar-refractivity contribution in [3.8, 4) is 22.6 Å². The molecule has 12 N–H and O–H groups in total. The molecule has 21 nitrogen and oxygen atoms in total. The van der Waals surface area contributed by atoms with Gasteiger partial charge in [-0.15, -0.1) is 0 Å². The summed E-state index contributed by atoms with van der Waals surface area (Å²) in [5.74, 6) is -14.1. The highest BCUT2D eigenvalue weighted by molar-refractivity contribution is 6.26. The van der Waals surface area contributed by atoms with E-state index in [1.165, 1.54) is 15.9 Å². The summed E-state index contributed by atoms with van der Waals surface area (Å²) in [6, 6.07) is 12.3. The molecule has 21 heteroatoms. The van der Waals surface area contributed by atoms with Gasteiger partial charge in [-0.25, -0.2) is 0 Å². The largest absolute Gasteiger partial charge is 0.510 e. The molecular weight excluding hydrogens is 1020 g/mol. The second-order valence-electron chi connectivity index (χ2n) is 22.8. The third-order valence-electron chi connectivity index (χ3n) is 17.6. The van der Waals surface area contributed by atoms with Gasteiger partial charge in [0, 0.05) is 68.8 Å². The minimum absolute atomic E-state index is 0.0373. The Morgan fingerprint density at radius 1 is 0.709 bits per heavy atom. The van der Waals surface area contributed by atoms with E-state index >= 15 is 4.79 Å². The zero-order chi connectivity index (χ0) is 57.1. The van der Waals surface area contributed by atoms with E-state index in [-0.39, 0.29) is 66.8 Å². The molecule has 0 spiro atoms. The van der Waals surface area contributed by atoms with Crippen LogP contribution in [0.1, 0.15) is 62.7 Å². The number of phenolic OH excluding ortho intramolecular Hbond substituents is 1. The van der Waals surface area contributed by atoms with Gasteiger partial charge in [0.05, 0.1) is 23.2 Å². The Balaban J connectivity index is 0.948. The molecule has 3 aromatic carbocycles. The van der Waals surface area contributed by atoms with Crippen molar-refractivity contribution in [1.82, 2.24) is 24.9 Å². The minimum atomic E-state index is -2.78. The lowest BCUT2D eigenvalue weighted by atomic mass is 9.58. The van der Waals surface area contributed by atoms with E-state index in [1.54, 1.807) is 47.2 Å². The number of carbonyl (C=O) groups excluding carboxylic acids is 6. The number of hydrogen-bond acceptors (Lipinski definition) is 19. The highest BCUT2D eigenvalue weighted by atomic mass is 16.5. The lowest BCUT2D eigenvalue weighted by molar-refractivity contribution is -0.149. The summed E-state index contributed by atoms with van der Waals surface area (Å²) in [5, 5.41) is 85.3. The first kappa shape index (κ1) is 55.1. The number of nitrogens with zero attached hydrogens (tertiary/aromatic N) is 4. The Morgan fingerprint density at radius 3 is 1.72 bits per heavy atom. The second kappa shape index (κ2) is 20.1. The number of aliphatic hydroxyl groups excluding tert-OH is 4. The monoisotopic (exact) mass is 1090 g/mol. The quantitative estimate of drug-likeness (QED) is 0.109. The van der Waals surface area contributed by atoms with Crippen LogP contribution in [0, 0.1) is 23.7 Å². The number of hydrogen-bond donors (Lipinski definition) is 10. The number of aromatic hydroxyl groups is 1. The van der Waals surface area contributed by atoms with Crippen LogP contribution in [0.15, 0.2) is 93.9 Å². The maximum atomic E-state index is 15.3. The molecule has 0 saturated carbocycles. The van der Waals surface area contributed by atoms with Crippen LogP contribution < -0.4 is 21.5 Å². The lowest BCUT2D eigenvalue weighted by Gasteiger charge is -2.50. The summed E-state index contributed by atoms with van der Waals surface area (Å²) < 4.78 is 6.59. The van der Waals surface area contributed by atoms with Gasteiger partial charge < -0.3 is 62.2 Å². The van der Waals surface area contributed by atoms with Gasteiger partial charge in [0.2, 0.25) is 11.6 Å². The summed E-state index contributed by atoms with van der Waals surface area (Å²) in [7, 11) is 8.40. The number of carbonyl (C=O) groups is 6. The molecule has 3 aromatic rings. The predicted octanol–water partition coefficient (Wildman–Crippen LogP) is 1.82. The second-order valence-corrected chi connectivity index (χ2v) is 22.8. The topological polar surface area (TPSA) is 330 Å². The number of phenols is 1. The SMILES string of the molecule is CC(CNCc1ccc(O)c2c1C[C@H]1C[C@H]3C(N(C)C)C(O)=C(C(N)=O)C(=O)[C@@]3(O)C(O)=C1C2=O)Oc1ccc(-c2ccc(CN3CCN(C)CC3)cc2)c2c1C(=O)C1=C(O)[C@]3(O)C(=O)C(C(N)=O)=C(O)[C@@H](N(C)C)[C@@H]3C[C@@H]1C2. The third kappa shape index (κ3) is 8.64. The molecule has 418 valence electrons. The standard InChI is InChI=1S/C58H67N7O14/c1-26(23-61-24-29-11-13-37(66)41-33(29)19-30-21-35-45(62(2)3)49(69)43(55(59)75)53(73)57(35,77)51(71)39(30)47(41)67)79-38-14-12-32(28-9-7-27(8-10-28)25-65-17-15-64(6)16-18-65)34-20-31-22-36-46(63(4)5)50(70)44(56(60)76)54(74)58(36,78)52(72)40(31)48(68)42(34)38/h7-14,26,30-31,35-36,45-46,61,66,69-72,77-78H,15-25H2,1-6H3,(H2,59,75)(H2,60,76)/t26?,30-,31-,35-,36-,45?,46-,57-,58-/m0/s1. The van der Waals surface area contributed by atoms with Crippen LogP contribution in [-0.2, 0) is 45.1 Å². The number of benzene rings is 3. The van der Waals surface area contributed by atoms with Gasteiger partial charge in [-0.1, -0.05) is 36.4 Å². The van der Waals surface area contributed by atoms with Gasteiger partial charge in [0.1, 0.15) is 51.8 Å². The summed E-state index contributed by atoms with van der Waals surface area (Å²) in [4.78, 5) is 90.2. The normalized spacial score (nSPS) is 28.6. The number of allylic oxidation sites excluding steroid dienone is 2. The number of nitrogens with two attached hydrogens (primary N) is 2. The van der Waals surface area contributed by atoms with E-state index in [0.29, 0.717) is 16.7 Å². The number of likely N-dealkylation sites (N-methyl/N-ethyl adjacent to an activating group) is 3. The van der Waals surface area contributed by atoms with Crippen LogP contribution in [-0.4, -0.2) is 188 Å². The number of rotatable bonds is 13. The summed E-state index contributed by atoms with van der Waals surface area (Å²) in [6.07, 6.45) is -0.549. The average molecular weight is 1090 g/mol. The van der Waals surface area contributed by atoms with E-state index in [9.17, 15) is 59.7 Å². The van der Waals surface area contributed by atoms with Crippen molar-refractivity contribution in [3.63, 3.8) is 0 Å². The molecule has 2 amide bonds. The number of aliphatic hydroxyl groups is 6. The fourth-order valence-corrected chi connectivity index (χ4v) is 13.8. The van der Waals surface area contributed by atoms with Crippen LogP contribution in [0.2, 0.25) is 0 Å². The smallest absolute Gasteiger partial charge is 0.255 e. The molecular formula is C58H67N7O14. The van der Waals surface area contributed by atoms with Crippen molar-refractivity contribution in [3.05, 3.63) is 127 Å². The molecule has 7 aliphatic rings. The van der Waals surface area contributed by atoms with Crippen LogP contribution in [0.25, 0.3) is 11.1 Å². The molecule has 0 radical (unpaired) electrons. The van der Waals surface area contributed by atoms with Gasteiger partial charge in [-0.2, -0.15) is 0 Å².